The monoisotopic (exact) mass is 352 g/mol. The standard InChI is InChI=1S/C15H14BrClN2O/c1-2-9-3-5-11(8-14(9)18)19-15(20)12-6-4-10(17)7-13(12)16/h3-8H,2,18H2,1H3,(H,19,20). The molecule has 0 radical (unpaired) electrons. The zero-order chi connectivity index (χ0) is 14.7. The van der Waals surface area contributed by atoms with Gasteiger partial charge in [0.1, 0.15) is 0 Å². The third-order valence-corrected chi connectivity index (χ3v) is 3.85. The normalized spacial score (nSPS) is 10.3. The quantitative estimate of drug-likeness (QED) is 0.798. The Morgan fingerprint density at radius 2 is 2.05 bits per heavy atom. The SMILES string of the molecule is CCc1ccc(NC(=O)c2ccc(Cl)cc2Br)cc1N. The molecule has 2 aromatic rings. The molecule has 2 aromatic carbocycles. The number of benzene rings is 2. The van der Waals surface area contributed by atoms with Crippen LogP contribution in [0, 0.1) is 0 Å². The van der Waals surface area contributed by atoms with Gasteiger partial charge in [-0.15, -0.1) is 0 Å². The number of nitrogen functional groups attached to an aromatic ring is 1. The van der Waals surface area contributed by atoms with Crippen LogP contribution < -0.4 is 11.1 Å². The highest BCUT2D eigenvalue weighted by Gasteiger charge is 2.11. The van der Waals surface area contributed by atoms with Crippen molar-refractivity contribution in [3.63, 3.8) is 0 Å². The van der Waals surface area contributed by atoms with Crippen LogP contribution in [-0.2, 0) is 6.42 Å². The van der Waals surface area contributed by atoms with Crippen LogP contribution in [-0.4, -0.2) is 5.91 Å². The third kappa shape index (κ3) is 3.32. The van der Waals surface area contributed by atoms with Crippen LogP contribution in [0.1, 0.15) is 22.8 Å². The summed E-state index contributed by atoms with van der Waals surface area (Å²) in [5, 5.41) is 3.39. The molecule has 0 heterocycles. The molecule has 0 aromatic heterocycles. The molecular weight excluding hydrogens is 340 g/mol. The molecule has 5 heteroatoms. The van der Waals surface area contributed by atoms with Gasteiger partial charge in [-0.05, 0) is 58.2 Å². The molecule has 0 aliphatic rings. The lowest BCUT2D eigenvalue weighted by Gasteiger charge is -2.09. The van der Waals surface area contributed by atoms with E-state index in [4.69, 9.17) is 17.3 Å². The lowest BCUT2D eigenvalue weighted by atomic mass is 10.1. The minimum atomic E-state index is -0.211. The Morgan fingerprint density at radius 1 is 1.30 bits per heavy atom. The number of amides is 1. The van der Waals surface area contributed by atoms with E-state index in [1.54, 1.807) is 24.3 Å². The van der Waals surface area contributed by atoms with Gasteiger partial charge in [-0.2, -0.15) is 0 Å². The maximum atomic E-state index is 12.2. The molecule has 2 rings (SSSR count). The van der Waals surface area contributed by atoms with Gasteiger partial charge in [0.05, 0.1) is 5.56 Å². The Morgan fingerprint density at radius 3 is 2.65 bits per heavy atom. The minimum absolute atomic E-state index is 0.211. The number of nitrogens with one attached hydrogen (secondary N) is 1. The number of anilines is 2. The van der Waals surface area contributed by atoms with Gasteiger partial charge in [0.2, 0.25) is 0 Å². The van der Waals surface area contributed by atoms with Crippen LogP contribution in [0.5, 0.6) is 0 Å². The number of halogens is 2. The summed E-state index contributed by atoms with van der Waals surface area (Å²) >= 11 is 9.19. The van der Waals surface area contributed by atoms with Crippen molar-refractivity contribution >= 4 is 44.8 Å². The Hall–Kier alpha value is -1.52. The van der Waals surface area contributed by atoms with Crippen LogP contribution >= 0.6 is 27.5 Å². The van der Waals surface area contributed by atoms with E-state index in [0.29, 0.717) is 26.4 Å². The molecule has 0 aliphatic carbocycles. The summed E-state index contributed by atoms with van der Waals surface area (Å²) in [4.78, 5) is 12.2. The second kappa shape index (κ2) is 6.29. The maximum absolute atomic E-state index is 12.2. The van der Waals surface area contributed by atoms with Gasteiger partial charge in [0.15, 0.2) is 0 Å². The fraction of sp³-hybridized carbons (Fsp3) is 0.133. The Bertz CT molecular complexity index is 658. The summed E-state index contributed by atoms with van der Waals surface area (Å²) in [5.41, 5.74) is 8.86. The highest BCUT2D eigenvalue weighted by molar-refractivity contribution is 9.10. The summed E-state index contributed by atoms with van der Waals surface area (Å²) in [6.07, 6.45) is 0.864. The number of nitrogens with two attached hydrogens (primary N) is 1. The highest BCUT2D eigenvalue weighted by atomic mass is 79.9. The second-order valence-corrected chi connectivity index (χ2v) is 5.64. The molecule has 0 unspecified atom stereocenters. The maximum Gasteiger partial charge on any atom is 0.256 e. The summed E-state index contributed by atoms with van der Waals surface area (Å²) in [7, 11) is 0. The average molecular weight is 354 g/mol. The van der Waals surface area contributed by atoms with Gasteiger partial charge in [0, 0.05) is 20.9 Å². The van der Waals surface area contributed by atoms with Gasteiger partial charge in [-0.1, -0.05) is 24.6 Å². The van der Waals surface area contributed by atoms with Crippen molar-refractivity contribution in [1.82, 2.24) is 0 Å². The predicted octanol–water partition coefficient (Wildman–Crippen LogP) is 4.50. The van der Waals surface area contributed by atoms with Crippen LogP contribution in [0.15, 0.2) is 40.9 Å². The second-order valence-electron chi connectivity index (χ2n) is 4.35. The van der Waals surface area contributed by atoms with Crippen molar-refractivity contribution in [2.75, 3.05) is 11.1 Å². The molecule has 0 atom stereocenters. The number of hydrogen-bond acceptors (Lipinski definition) is 2. The van der Waals surface area contributed by atoms with E-state index in [1.807, 2.05) is 19.1 Å². The van der Waals surface area contributed by atoms with Crippen LogP contribution in [0.25, 0.3) is 0 Å². The molecule has 1 amide bonds. The Balaban J connectivity index is 2.21. The molecule has 0 saturated heterocycles. The molecule has 0 spiro atoms. The number of rotatable bonds is 3. The molecule has 3 nitrogen and oxygen atoms in total. The van der Waals surface area contributed by atoms with Gasteiger partial charge < -0.3 is 11.1 Å². The van der Waals surface area contributed by atoms with E-state index in [9.17, 15) is 4.79 Å². The number of aryl methyl sites for hydroxylation is 1. The van der Waals surface area contributed by atoms with Crippen molar-refractivity contribution in [1.29, 1.82) is 0 Å². The van der Waals surface area contributed by atoms with E-state index in [-0.39, 0.29) is 5.91 Å². The van der Waals surface area contributed by atoms with Gasteiger partial charge in [-0.25, -0.2) is 0 Å². The Kier molecular flexibility index (Phi) is 4.68. The summed E-state index contributed by atoms with van der Waals surface area (Å²) in [5.74, 6) is -0.211. The molecule has 0 fully saturated rings. The largest absolute Gasteiger partial charge is 0.398 e. The molecule has 0 saturated carbocycles. The number of carbonyl (C=O) groups is 1. The number of hydrogen-bond donors (Lipinski definition) is 2. The lowest BCUT2D eigenvalue weighted by molar-refractivity contribution is 0.102. The molecule has 0 bridgehead atoms. The average Bonchev–Trinajstić information content (AvgIpc) is 2.38. The van der Waals surface area contributed by atoms with Crippen LogP contribution in [0.4, 0.5) is 11.4 Å². The first kappa shape index (κ1) is 14.9. The van der Waals surface area contributed by atoms with Gasteiger partial charge in [-0.3, -0.25) is 4.79 Å². The molecular formula is C15H14BrClN2O. The first-order valence-corrected chi connectivity index (χ1v) is 7.33. The summed E-state index contributed by atoms with van der Waals surface area (Å²) < 4.78 is 0.653. The van der Waals surface area contributed by atoms with Crippen LogP contribution in [0.2, 0.25) is 5.02 Å². The predicted molar refractivity (Wildman–Crippen MR) is 87.3 cm³/mol. The number of carbonyl (C=O) groups excluding carboxylic acids is 1. The van der Waals surface area contributed by atoms with Crippen molar-refractivity contribution in [3.05, 3.63) is 57.0 Å². The van der Waals surface area contributed by atoms with E-state index in [2.05, 4.69) is 21.2 Å². The minimum Gasteiger partial charge on any atom is -0.398 e. The van der Waals surface area contributed by atoms with E-state index >= 15 is 0 Å². The fourth-order valence-electron chi connectivity index (χ4n) is 1.87. The van der Waals surface area contributed by atoms with Crippen molar-refractivity contribution in [2.24, 2.45) is 0 Å². The summed E-state index contributed by atoms with van der Waals surface area (Å²) in [6.45, 7) is 2.04. The van der Waals surface area contributed by atoms with Crippen molar-refractivity contribution in [2.45, 2.75) is 13.3 Å². The van der Waals surface area contributed by atoms with Crippen LogP contribution in [0.3, 0.4) is 0 Å². The van der Waals surface area contributed by atoms with E-state index < -0.39 is 0 Å². The summed E-state index contributed by atoms with van der Waals surface area (Å²) in [6, 6.07) is 10.6. The molecule has 3 N–H and O–H groups in total. The molecule has 104 valence electrons. The van der Waals surface area contributed by atoms with Gasteiger partial charge in [0.25, 0.3) is 5.91 Å². The van der Waals surface area contributed by atoms with E-state index in [1.165, 1.54) is 0 Å². The lowest BCUT2D eigenvalue weighted by Crippen LogP contribution is -2.13. The molecule has 0 aliphatic heterocycles. The topological polar surface area (TPSA) is 55.1 Å². The first-order valence-electron chi connectivity index (χ1n) is 6.16. The van der Waals surface area contributed by atoms with Gasteiger partial charge >= 0.3 is 0 Å². The first-order chi connectivity index (χ1) is 9.51. The highest BCUT2D eigenvalue weighted by Crippen LogP contribution is 2.24. The zero-order valence-electron chi connectivity index (χ0n) is 10.9. The third-order valence-electron chi connectivity index (χ3n) is 2.96. The Labute approximate surface area is 131 Å². The van der Waals surface area contributed by atoms with E-state index in [0.717, 1.165) is 12.0 Å². The zero-order valence-corrected chi connectivity index (χ0v) is 13.3. The fourth-order valence-corrected chi connectivity index (χ4v) is 2.73. The molecule has 20 heavy (non-hydrogen) atoms. The smallest absolute Gasteiger partial charge is 0.256 e. The van der Waals surface area contributed by atoms with Crippen molar-refractivity contribution in [3.8, 4) is 0 Å². The van der Waals surface area contributed by atoms with Crippen molar-refractivity contribution < 1.29 is 4.79 Å².